The summed E-state index contributed by atoms with van der Waals surface area (Å²) in [4.78, 5) is 21.7. The van der Waals surface area contributed by atoms with Gasteiger partial charge >= 0.3 is 6.18 Å². The van der Waals surface area contributed by atoms with E-state index >= 15 is 0 Å². The van der Waals surface area contributed by atoms with E-state index in [9.17, 15) is 18.0 Å². The first-order valence-electron chi connectivity index (χ1n) is 8.31. The van der Waals surface area contributed by atoms with Crippen molar-refractivity contribution in [2.45, 2.75) is 38.7 Å². The normalized spacial score (nSPS) is 18.2. The van der Waals surface area contributed by atoms with E-state index in [1.165, 1.54) is 6.20 Å². The zero-order valence-corrected chi connectivity index (χ0v) is 14.8. The maximum Gasteiger partial charge on any atom is 0.422 e. The van der Waals surface area contributed by atoms with Crippen molar-refractivity contribution in [2.75, 3.05) is 12.3 Å². The third kappa shape index (κ3) is 3.87. The molecule has 9 heteroatoms. The lowest BCUT2D eigenvalue weighted by atomic mass is 10.0. The number of fused-ring (bicyclic) bond motifs is 1. The zero-order valence-electron chi connectivity index (χ0n) is 14.8. The van der Waals surface area contributed by atoms with Gasteiger partial charge in [-0.05, 0) is 37.1 Å². The number of carbonyl (C=O) groups excluding carboxylic acids is 1. The lowest BCUT2D eigenvalue weighted by molar-refractivity contribution is -0.154. The summed E-state index contributed by atoms with van der Waals surface area (Å²) in [7, 11) is 0. The molecule has 2 aromatic heterocycles. The molecule has 3 rings (SSSR count). The van der Waals surface area contributed by atoms with Crippen LogP contribution in [-0.4, -0.2) is 33.9 Å². The summed E-state index contributed by atoms with van der Waals surface area (Å²) >= 11 is 0. The Morgan fingerprint density at radius 3 is 2.81 bits per heavy atom. The van der Waals surface area contributed by atoms with Crippen LogP contribution in [0.15, 0.2) is 24.5 Å². The number of nitrogens with two attached hydrogens (primary N) is 1. The van der Waals surface area contributed by atoms with Crippen LogP contribution in [0.5, 0.6) is 5.88 Å². The largest absolute Gasteiger partial charge is 0.468 e. The van der Waals surface area contributed by atoms with E-state index < -0.39 is 18.8 Å². The summed E-state index contributed by atoms with van der Waals surface area (Å²) in [6, 6.07) is 2.81. The van der Waals surface area contributed by atoms with E-state index in [2.05, 4.69) is 9.97 Å². The van der Waals surface area contributed by atoms with Gasteiger partial charge in [0.05, 0.1) is 6.04 Å². The van der Waals surface area contributed by atoms with Crippen LogP contribution in [0, 0.1) is 6.92 Å². The van der Waals surface area contributed by atoms with Crippen molar-refractivity contribution in [1.82, 2.24) is 14.9 Å². The second-order valence-corrected chi connectivity index (χ2v) is 6.49. The predicted molar refractivity (Wildman–Crippen MR) is 91.9 cm³/mol. The lowest BCUT2D eigenvalue weighted by Gasteiger charge is -2.28. The number of hydrogen-bond acceptors (Lipinski definition) is 6. The number of hydrogen-bond donors (Lipinski definition) is 1. The van der Waals surface area contributed by atoms with Crippen molar-refractivity contribution in [1.29, 1.82) is 0 Å². The molecule has 1 aliphatic rings. The first kappa shape index (κ1) is 19.1. The number of ether oxygens (including phenoxy) is 1. The Morgan fingerprint density at radius 2 is 2.19 bits per heavy atom. The molecule has 2 N–H and O–H groups in total. The average molecular weight is 380 g/mol. The minimum atomic E-state index is -4.42. The standard InChI is InChI=1S/C18H19F3N4O2/c1-10-5-12(6-24-17(10)27-9-18(19,20)21)11(2)25-7-14-13(15(25)8-26)3-4-23-16(14)22/h3-6,8,11,15H,7,9H2,1-2H3,(H2,22,23). The number of aldehydes is 1. The molecule has 0 aromatic carbocycles. The first-order chi connectivity index (χ1) is 12.7. The Labute approximate surface area is 154 Å². The van der Waals surface area contributed by atoms with Gasteiger partial charge in [-0.2, -0.15) is 13.2 Å². The van der Waals surface area contributed by atoms with E-state index in [0.717, 1.165) is 23.0 Å². The Morgan fingerprint density at radius 1 is 1.44 bits per heavy atom. The minimum Gasteiger partial charge on any atom is -0.468 e. The molecular weight excluding hydrogens is 361 g/mol. The Balaban J connectivity index is 1.82. The number of anilines is 1. The van der Waals surface area contributed by atoms with Gasteiger partial charge in [0.25, 0.3) is 0 Å². The SMILES string of the molecule is Cc1cc(C(C)N2Cc3c(ccnc3N)C2C=O)cnc1OCC(F)(F)F. The van der Waals surface area contributed by atoms with Crippen molar-refractivity contribution >= 4 is 12.1 Å². The van der Waals surface area contributed by atoms with Gasteiger partial charge < -0.3 is 15.3 Å². The molecule has 0 saturated carbocycles. The van der Waals surface area contributed by atoms with Crippen LogP contribution < -0.4 is 10.5 Å². The molecule has 1 aliphatic heterocycles. The van der Waals surface area contributed by atoms with Gasteiger partial charge in [0.15, 0.2) is 6.61 Å². The quantitative estimate of drug-likeness (QED) is 0.803. The second kappa shape index (κ2) is 7.15. The fraction of sp³-hybridized carbons (Fsp3) is 0.389. The summed E-state index contributed by atoms with van der Waals surface area (Å²) in [5, 5.41) is 0. The highest BCUT2D eigenvalue weighted by molar-refractivity contribution is 5.67. The average Bonchev–Trinajstić information content (AvgIpc) is 2.99. The minimum absolute atomic E-state index is 0.0617. The van der Waals surface area contributed by atoms with Crippen LogP contribution in [0.1, 0.15) is 41.3 Å². The number of aromatic nitrogens is 2. The fourth-order valence-corrected chi connectivity index (χ4v) is 3.27. The monoisotopic (exact) mass is 380 g/mol. The maximum atomic E-state index is 12.3. The van der Waals surface area contributed by atoms with Crippen molar-refractivity contribution in [3.63, 3.8) is 0 Å². The highest BCUT2D eigenvalue weighted by Gasteiger charge is 2.35. The highest BCUT2D eigenvalue weighted by atomic mass is 19.4. The first-order valence-corrected chi connectivity index (χ1v) is 8.31. The van der Waals surface area contributed by atoms with Gasteiger partial charge in [-0.3, -0.25) is 4.90 Å². The fourth-order valence-electron chi connectivity index (χ4n) is 3.27. The summed E-state index contributed by atoms with van der Waals surface area (Å²) < 4.78 is 41.7. The van der Waals surface area contributed by atoms with Crippen LogP contribution in [0.25, 0.3) is 0 Å². The highest BCUT2D eigenvalue weighted by Crippen LogP contribution is 2.40. The zero-order chi connectivity index (χ0) is 19.8. The Hall–Kier alpha value is -2.68. The van der Waals surface area contributed by atoms with Crippen LogP contribution in [0.4, 0.5) is 19.0 Å². The summed E-state index contributed by atoms with van der Waals surface area (Å²) in [6.07, 6.45) is -0.539. The van der Waals surface area contributed by atoms with Crippen LogP contribution in [-0.2, 0) is 11.3 Å². The van der Waals surface area contributed by atoms with Crippen LogP contribution >= 0.6 is 0 Å². The van der Waals surface area contributed by atoms with Gasteiger partial charge in [0.1, 0.15) is 12.1 Å². The number of nitrogens with zero attached hydrogens (tertiary/aromatic N) is 3. The van der Waals surface area contributed by atoms with Gasteiger partial charge in [0, 0.05) is 36.1 Å². The summed E-state index contributed by atoms with van der Waals surface area (Å²) in [5.41, 5.74) is 8.81. The maximum absolute atomic E-state index is 12.3. The van der Waals surface area contributed by atoms with E-state index in [4.69, 9.17) is 10.5 Å². The predicted octanol–water partition coefficient (Wildman–Crippen LogP) is 3.13. The van der Waals surface area contributed by atoms with E-state index in [-0.39, 0.29) is 11.9 Å². The molecule has 6 nitrogen and oxygen atoms in total. The van der Waals surface area contributed by atoms with Gasteiger partial charge in [-0.25, -0.2) is 9.97 Å². The van der Waals surface area contributed by atoms with E-state index in [1.54, 1.807) is 25.3 Å². The molecule has 0 aliphatic carbocycles. The van der Waals surface area contributed by atoms with Crippen LogP contribution in [0.3, 0.4) is 0 Å². The number of rotatable bonds is 5. The molecule has 27 heavy (non-hydrogen) atoms. The lowest BCUT2D eigenvalue weighted by Crippen LogP contribution is -2.27. The molecule has 0 radical (unpaired) electrons. The van der Waals surface area contributed by atoms with Gasteiger partial charge in [-0.1, -0.05) is 0 Å². The number of pyridine rings is 2. The molecule has 0 bridgehead atoms. The molecule has 0 amide bonds. The Bertz CT molecular complexity index is 857. The third-order valence-electron chi connectivity index (χ3n) is 4.67. The van der Waals surface area contributed by atoms with Gasteiger partial charge in [-0.15, -0.1) is 0 Å². The smallest absolute Gasteiger partial charge is 0.422 e. The Kier molecular flexibility index (Phi) is 5.05. The number of alkyl halides is 3. The topological polar surface area (TPSA) is 81.3 Å². The molecule has 0 fully saturated rings. The molecule has 2 aromatic rings. The van der Waals surface area contributed by atoms with Crippen molar-refractivity contribution in [2.24, 2.45) is 0 Å². The van der Waals surface area contributed by atoms with E-state index in [1.807, 2.05) is 11.8 Å². The number of carbonyl (C=O) groups is 1. The number of nitrogen functional groups attached to an aromatic ring is 1. The molecule has 0 spiro atoms. The van der Waals surface area contributed by atoms with Crippen LogP contribution in [0.2, 0.25) is 0 Å². The van der Waals surface area contributed by atoms with Gasteiger partial charge in [0.2, 0.25) is 5.88 Å². The molecule has 2 unspecified atom stereocenters. The molecule has 144 valence electrons. The molecule has 3 heterocycles. The van der Waals surface area contributed by atoms with E-state index in [0.29, 0.717) is 17.9 Å². The number of halogens is 3. The number of aryl methyl sites for hydroxylation is 1. The summed E-state index contributed by atoms with van der Waals surface area (Å²) in [5.74, 6) is 0.326. The third-order valence-corrected chi connectivity index (χ3v) is 4.67. The molecule has 0 saturated heterocycles. The molecular formula is C18H19F3N4O2. The molecule has 2 atom stereocenters. The van der Waals surface area contributed by atoms with Crippen molar-refractivity contribution in [3.05, 3.63) is 46.8 Å². The van der Waals surface area contributed by atoms with Crippen molar-refractivity contribution < 1.29 is 22.7 Å². The van der Waals surface area contributed by atoms with Crippen molar-refractivity contribution in [3.8, 4) is 5.88 Å². The second-order valence-electron chi connectivity index (χ2n) is 6.49. The summed E-state index contributed by atoms with van der Waals surface area (Å²) in [6.45, 7) is 2.59.